The van der Waals surface area contributed by atoms with E-state index in [1.165, 1.54) is 5.56 Å². The zero-order valence-corrected chi connectivity index (χ0v) is 12.0. The Hall–Kier alpha value is -2.14. The lowest BCUT2D eigenvalue weighted by Gasteiger charge is -2.15. The molecule has 0 amide bonds. The fourth-order valence-electron chi connectivity index (χ4n) is 2.05. The molecule has 2 rings (SSSR count). The highest BCUT2D eigenvalue weighted by Gasteiger charge is 2.12. The van der Waals surface area contributed by atoms with E-state index in [4.69, 9.17) is 14.2 Å². The molecule has 0 bridgehead atoms. The topological polar surface area (TPSA) is 55.5 Å². The summed E-state index contributed by atoms with van der Waals surface area (Å²) >= 11 is 0. The number of benzene rings is 1. The first-order chi connectivity index (χ1) is 9.78. The van der Waals surface area contributed by atoms with Crippen molar-refractivity contribution in [2.75, 3.05) is 21.3 Å². The lowest BCUT2D eigenvalue weighted by molar-refractivity contribution is 0.366. The largest absolute Gasteiger partial charge is 0.496 e. The van der Waals surface area contributed by atoms with Crippen molar-refractivity contribution in [2.45, 2.75) is 13.1 Å². The molecular weight excluding hydrogens is 256 g/mol. The fraction of sp³-hybridized carbons (Fsp3) is 0.333. The molecule has 1 aromatic carbocycles. The van der Waals surface area contributed by atoms with E-state index in [9.17, 15) is 0 Å². The molecule has 0 saturated carbocycles. The summed E-state index contributed by atoms with van der Waals surface area (Å²) < 4.78 is 16.1. The minimum atomic E-state index is 0.654. The minimum Gasteiger partial charge on any atom is -0.496 e. The highest BCUT2D eigenvalue weighted by atomic mass is 16.5. The maximum Gasteiger partial charge on any atom is 0.130 e. The zero-order valence-electron chi connectivity index (χ0n) is 12.0. The van der Waals surface area contributed by atoms with E-state index in [1.807, 2.05) is 30.6 Å². The standard InChI is InChI=1S/C15H20N2O3/c1-18-12-6-14(19-2)13(15(7-12)20-3)10-17-9-11-4-5-16-8-11/h4-8,16-17H,9-10H2,1-3H3. The van der Waals surface area contributed by atoms with E-state index >= 15 is 0 Å². The van der Waals surface area contributed by atoms with Crippen LogP contribution in [0.2, 0.25) is 0 Å². The summed E-state index contributed by atoms with van der Waals surface area (Å²) in [6, 6.07) is 5.75. The van der Waals surface area contributed by atoms with Crippen LogP contribution in [0.5, 0.6) is 17.2 Å². The molecule has 0 saturated heterocycles. The van der Waals surface area contributed by atoms with Crippen LogP contribution in [-0.4, -0.2) is 26.3 Å². The normalized spacial score (nSPS) is 10.3. The monoisotopic (exact) mass is 276 g/mol. The molecule has 1 heterocycles. The molecule has 0 spiro atoms. The number of rotatable bonds is 7. The first-order valence-electron chi connectivity index (χ1n) is 6.39. The van der Waals surface area contributed by atoms with E-state index in [0.717, 1.165) is 23.6 Å². The number of aromatic amines is 1. The predicted octanol–water partition coefficient (Wildman–Crippen LogP) is 2.33. The zero-order chi connectivity index (χ0) is 14.4. The molecule has 1 aromatic heterocycles. The van der Waals surface area contributed by atoms with Gasteiger partial charge in [-0.25, -0.2) is 0 Å². The quantitative estimate of drug-likeness (QED) is 0.815. The maximum atomic E-state index is 5.41. The van der Waals surface area contributed by atoms with Gasteiger partial charge in [-0.15, -0.1) is 0 Å². The van der Waals surface area contributed by atoms with Crippen LogP contribution in [0.4, 0.5) is 0 Å². The summed E-state index contributed by atoms with van der Waals surface area (Å²) in [6.45, 7) is 1.43. The van der Waals surface area contributed by atoms with Gasteiger partial charge in [-0.05, 0) is 11.6 Å². The number of H-pyrrole nitrogens is 1. The number of methoxy groups -OCH3 is 3. The van der Waals surface area contributed by atoms with E-state index in [-0.39, 0.29) is 0 Å². The third-order valence-corrected chi connectivity index (χ3v) is 3.11. The van der Waals surface area contributed by atoms with Gasteiger partial charge in [-0.1, -0.05) is 0 Å². The van der Waals surface area contributed by atoms with Gasteiger partial charge in [0.1, 0.15) is 17.2 Å². The SMILES string of the molecule is COc1cc(OC)c(CNCc2cc[nH]c2)c(OC)c1. The molecule has 20 heavy (non-hydrogen) atoms. The first-order valence-corrected chi connectivity index (χ1v) is 6.39. The van der Waals surface area contributed by atoms with E-state index in [2.05, 4.69) is 10.3 Å². The van der Waals surface area contributed by atoms with Crippen molar-refractivity contribution in [1.82, 2.24) is 10.3 Å². The number of ether oxygens (including phenoxy) is 3. The second-order valence-electron chi connectivity index (χ2n) is 4.33. The van der Waals surface area contributed by atoms with Crippen molar-refractivity contribution in [3.8, 4) is 17.2 Å². The van der Waals surface area contributed by atoms with Gasteiger partial charge in [0.05, 0.1) is 26.9 Å². The average molecular weight is 276 g/mol. The van der Waals surface area contributed by atoms with Crippen LogP contribution in [0.1, 0.15) is 11.1 Å². The highest BCUT2D eigenvalue weighted by Crippen LogP contribution is 2.33. The Morgan fingerprint density at radius 1 is 1.00 bits per heavy atom. The van der Waals surface area contributed by atoms with Gasteiger partial charge in [0.15, 0.2) is 0 Å². The van der Waals surface area contributed by atoms with Gasteiger partial charge in [0.25, 0.3) is 0 Å². The van der Waals surface area contributed by atoms with Crippen molar-refractivity contribution in [2.24, 2.45) is 0 Å². The molecule has 0 radical (unpaired) electrons. The molecule has 2 N–H and O–H groups in total. The van der Waals surface area contributed by atoms with Crippen molar-refractivity contribution in [1.29, 1.82) is 0 Å². The number of hydrogen-bond acceptors (Lipinski definition) is 4. The van der Waals surface area contributed by atoms with Crippen LogP contribution in [0, 0.1) is 0 Å². The van der Waals surface area contributed by atoms with Gasteiger partial charge in [0, 0.05) is 37.6 Å². The summed E-state index contributed by atoms with van der Waals surface area (Å²) in [5.74, 6) is 2.22. The Bertz CT molecular complexity index is 513. The number of nitrogens with one attached hydrogen (secondary N) is 2. The Morgan fingerprint density at radius 2 is 1.70 bits per heavy atom. The smallest absolute Gasteiger partial charge is 0.130 e. The molecular formula is C15H20N2O3. The molecule has 5 heteroatoms. The second kappa shape index (κ2) is 6.86. The third kappa shape index (κ3) is 3.24. The van der Waals surface area contributed by atoms with Crippen molar-refractivity contribution in [3.63, 3.8) is 0 Å². The maximum absolute atomic E-state index is 5.41. The Morgan fingerprint density at radius 3 is 2.20 bits per heavy atom. The van der Waals surface area contributed by atoms with Gasteiger partial charge in [-0.2, -0.15) is 0 Å². The van der Waals surface area contributed by atoms with Crippen LogP contribution in [0.3, 0.4) is 0 Å². The summed E-state index contributed by atoms with van der Waals surface area (Å²) in [5.41, 5.74) is 2.18. The molecule has 0 fully saturated rings. The summed E-state index contributed by atoms with van der Waals surface area (Å²) in [7, 11) is 4.91. The summed E-state index contributed by atoms with van der Waals surface area (Å²) in [5, 5.41) is 3.37. The highest BCUT2D eigenvalue weighted by molar-refractivity contribution is 5.50. The van der Waals surface area contributed by atoms with Gasteiger partial charge < -0.3 is 24.5 Å². The van der Waals surface area contributed by atoms with Crippen molar-refractivity contribution >= 4 is 0 Å². The van der Waals surface area contributed by atoms with Crippen molar-refractivity contribution in [3.05, 3.63) is 41.7 Å². The predicted molar refractivity (Wildman–Crippen MR) is 77.4 cm³/mol. The molecule has 2 aromatic rings. The van der Waals surface area contributed by atoms with Crippen LogP contribution in [-0.2, 0) is 13.1 Å². The number of aromatic nitrogens is 1. The van der Waals surface area contributed by atoms with Gasteiger partial charge in [0.2, 0.25) is 0 Å². The molecule has 0 aliphatic rings. The molecule has 0 aliphatic heterocycles. The lowest BCUT2D eigenvalue weighted by Crippen LogP contribution is -2.14. The van der Waals surface area contributed by atoms with E-state index in [1.54, 1.807) is 21.3 Å². The molecule has 0 aliphatic carbocycles. The Labute approximate surface area is 118 Å². The van der Waals surface area contributed by atoms with Crippen molar-refractivity contribution < 1.29 is 14.2 Å². The molecule has 0 atom stereocenters. The van der Waals surface area contributed by atoms with E-state index < -0.39 is 0 Å². The lowest BCUT2D eigenvalue weighted by atomic mass is 10.1. The molecule has 5 nitrogen and oxygen atoms in total. The Balaban J connectivity index is 2.12. The van der Waals surface area contributed by atoms with Gasteiger partial charge in [-0.3, -0.25) is 0 Å². The summed E-state index contributed by atoms with van der Waals surface area (Å²) in [4.78, 5) is 3.03. The van der Waals surface area contributed by atoms with Crippen LogP contribution in [0.25, 0.3) is 0 Å². The minimum absolute atomic E-state index is 0.654. The van der Waals surface area contributed by atoms with Gasteiger partial charge >= 0.3 is 0 Å². The Kier molecular flexibility index (Phi) is 4.90. The molecule has 108 valence electrons. The summed E-state index contributed by atoms with van der Waals surface area (Å²) in [6.07, 6.45) is 3.88. The molecule has 0 unspecified atom stereocenters. The van der Waals surface area contributed by atoms with Crippen LogP contribution < -0.4 is 19.5 Å². The van der Waals surface area contributed by atoms with Crippen LogP contribution >= 0.6 is 0 Å². The van der Waals surface area contributed by atoms with E-state index in [0.29, 0.717) is 12.3 Å². The average Bonchev–Trinajstić information content (AvgIpc) is 3.00. The number of hydrogen-bond donors (Lipinski definition) is 2. The third-order valence-electron chi connectivity index (χ3n) is 3.11. The van der Waals surface area contributed by atoms with Crippen LogP contribution in [0.15, 0.2) is 30.6 Å². The fourth-order valence-corrected chi connectivity index (χ4v) is 2.05. The second-order valence-corrected chi connectivity index (χ2v) is 4.33. The first kappa shape index (κ1) is 14.3.